The van der Waals surface area contributed by atoms with E-state index in [1.807, 2.05) is 12.1 Å². The molecule has 0 aromatic heterocycles. The van der Waals surface area contributed by atoms with E-state index in [1.54, 1.807) is 0 Å². The van der Waals surface area contributed by atoms with Crippen LogP contribution in [0.1, 0.15) is 16.7 Å². The summed E-state index contributed by atoms with van der Waals surface area (Å²) < 4.78 is 11.1. The number of ether oxygens (including phenoxy) is 2. The quantitative estimate of drug-likeness (QED) is 0.922. The van der Waals surface area contributed by atoms with Gasteiger partial charge < -0.3 is 14.8 Å². The summed E-state index contributed by atoms with van der Waals surface area (Å²) in [5, 5.41) is 3.48. The minimum Gasteiger partial charge on any atom is -0.486 e. The number of aryl methyl sites for hydroxylation is 1. The molecule has 0 radical (unpaired) electrons. The highest BCUT2D eigenvalue weighted by Crippen LogP contribution is 2.31. The van der Waals surface area contributed by atoms with Gasteiger partial charge in [0.1, 0.15) is 13.2 Å². The van der Waals surface area contributed by atoms with E-state index in [2.05, 4.69) is 43.4 Å². The SMILES string of the molecule is Cc1cccc(NCc2ccc3c(c2)OCCO3)c1C. The van der Waals surface area contributed by atoms with Gasteiger partial charge in [0.05, 0.1) is 0 Å². The van der Waals surface area contributed by atoms with Crippen molar-refractivity contribution in [1.29, 1.82) is 0 Å². The summed E-state index contributed by atoms with van der Waals surface area (Å²) >= 11 is 0. The topological polar surface area (TPSA) is 30.5 Å². The van der Waals surface area contributed by atoms with Crippen LogP contribution in [0.5, 0.6) is 11.5 Å². The summed E-state index contributed by atoms with van der Waals surface area (Å²) in [4.78, 5) is 0. The molecule has 2 aromatic rings. The van der Waals surface area contributed by atoms with Crippen LogP contribution in [-0.2, 0) is 6.54 Å². The van der Waals surface area contributed by atoms with Gasteiger partial charge in [0, 0.05) is 12.2 Å². The maximum atomic E-state index is 5.61. The van der Waals surface area contributed by atoms with Gasteiger partial charge in [-0.15, -0.1) is 0 Å². The highest BCUT2D eigenvalue weighted by atomic mass is 16.6. The molecule has 3 heteroatoms. The third-order valence-electron chi connectivity index (χ3n) is 3.69. The molecule has 0 aliphatic carbocycles. The molecule has 1 aliphatic heterocycles. The number of nitrogens with one attached hydrogen (secondary N) is 1. The van der Waals surface area contributed by atoms with Crippen molar-refractivity contribution in [3.05, 3.63) is 53.1 Å². The average molecular weight is 269 g/mol. The average Bonchev–Trinajstić information content (AvgIpc) is 2.48. The van der Waals surface area contributed by atoms with E-state index in [4.69, 9.17) is 9.47 Å². The molecule has 1 heterocycles. The van der Waals surface area contributed by atoms with Crippen LogP contribution in [0.2, 0.25) is 0 Å². The summed E-state index contributed by atoms with van der Waals surface area (Å²) in [5.74, 6) is 1.68. The summed E-state index contributed by atoms with van der Waals surface area (Å²) in [6.07, 6.45) is 0. The molecule has 0 unspecified atom stereocenters. The summed E-state index contributed by atoms with van der Waals surface area (Å²) in [5.41, 5.74) is 4.97. The molecular formula is C17H19NO2. The fraction of sp³-hybridized carbons (Fsp3) is 0.294. The van der Waals surface area contributed by atoms with Crippen LogP contribution >= 0.6 is 0 Å². The van der Waals surface area contributed by atoms with Crippen molar-refractivity contribution in [2.24, 2.45) is 0 Å². The minimum absolute atomic E-state index is 0.626. The Morgan fingerprint density at radius 3 is 2.65 bits per heavy atom. The third-order valence-corrected chi connectivity index (χ3v) is 3.69. The second kappa shape index (κ2) is 5.45. The standard InChI is InChI=1S/C17H19NO2/c1-12-4-3-5-15(13(12)2)18-11-14-6-7-16-17(10-14)20-9-8-19-16/h3-7,10,18H,8-9,11H2,1-2H3. The van der Waals surface area contributed by atoms with Crippen molar-refractivity contribution < 1.29 is 9.47 Å². The van der Waals surface area contributed by atoms with Gasteiger partial charge >= 0.3 is 0 Å². The van der Waals surface area contributed by atoms with Crippen molar-refractivity contribution in [1.82, 2.24) is 0 Å². The lowest BCUT2D eigenvalue weighted by atomic mass is 10.1. The second-order valence-corrected chi connectivity index (χ2v) is 5.08. The van der Waals surface area contributed by atoms with Gasteiger partial charge in [0.25, 0.3) is 0 Å². The molecule has 0 fully saturated rings. The molecule has 1 aliphatic rings. The molecule has 104 valence electrons. The second-order valence-electron chi connectivity index (χ2n) is 5.08. The van der Waals surface area contributed by atoms with Crippen molar-refractivity contribution in [2.75, 3.05) is 18.5 Å². The first-order chi connectivity index (χ1) is 9.74. The summed E-state index contributed by atoms with van der Waals surface area (Å²) in [7, 11) is 0. The highest BCUT2D eigenvalue weighted by Gasteiger charge is 2.11. The Morgan fingerprint density at radius 2 is 1.80 bits per heavy atom. The lowest BCUT2D eigenvalue weighted by Gasteiger charge is -2.19. The predicted octanol–water partition coefficient (Wildman–Crippen LogP) is 3.69. The first-order valence-electron chi connectivity index (χ1n) is 6.92. The summed E-state index contributed by atoms with van der Waals surface area (Å²) in [6.45, 7) is 6.31. The zero-order chi connectivity index (χ0) is 13.9. The van der Waals surface area contributed by atoms with Gasteiger partial charge in [-0.1, -0.05) is 18.2 Å². The van der Waals surface area contributed by atoms with Crippen LogP contribution < -0.4 is 14.8 Å². The molecule has 0 amide bonds. The number of fused-ring (bicyclic) bond motifs is 1. The van der Waals surface area contributed by atoms with Crippen LogP contribution in [0, 0.1) is 13.8 Å². The predicted molar refractivity (Wildman–Crippen MR) is 80.7 cm³/mol. The lowest BCUT2D eigenvalue weighted by molar-refractivity contribution is 0.171. The Bertz CT molecular complexity index is 622. The van der Waals surface area contributed by atoms with E-state index >= 15 is 0 Å². The van der Waals surface area contributed by atoms with Crippen LogP contribution in [0.25, 0.3) is 0 Å². The van der Waals surface area contributed by atoms with E-state index in [0.717, 1.165) is 18.0 Å². The number of anilines is 1. The van der Waals surface area contributed by atoms with E-state index < -0.39 is 0 Å². The first-order valence-corrected chi connectivity index (χ1v) is 6.92. The van der Waals surface area contributed by atoms with Crippen LogP contribution in [0.4, 0.5) is 5.69 Å². The molecular weight excluding hydrogens is 250 g/mol. The fourth-order valence-corrected chi connectivity index (χ4v) is 2.34. The largest absolute Gasteiger partial charge is 0.486 e. The lowest BCUT2D eigenvalue weighted by Crippen LogP contribution is -2.15. The van der Waals surface area contributed by atoms with Gasteiger partial charge in [0.2, 0.25) is 0 Å². The first kappa shape index (κ1) is 12.9. The molecule has 0 bridgehead atoms. The Balaban J connectivity index is 1.73. The molecule has 0 saturated heterocycles. The number of rotatable bonds is 3. The van der Waals surface area contributed by atoms with E-state index in [1.165, 1.54) is 22.4 Å². The van der Waals surface area contributed by atoms with Crippen molar-refractivity contribution in [2.45, 2.75) is 20.4 Å². The molecule has 0 saturated carbocycles. The minimum atomic E-state index is 0.626. The fourth-order valence-electron chi connectivity index (χ4n) is 2.34. The number of hydrogen-bond acceptors (Lipinski definition) is 3. The van der Waals surface area contributed by atoms with Gasteiger partial charge in [-0.25, -0.2) is 0 Å². The molecule has 0 spiro atoms. The van der Waals surface area contributed by atoms with Crippen molar-refractivity contribution >= 4 is 5.69 Å². The van der Waals surface area contributed by atoms with Crippen molar-refractivity contribution in [3.8, 4) is 11.5 Å². The molecule has 0 atom stereocenters. The highest BCUT2D eigenvalue weighted by molar-refractivity contribution is 5.54. The monoisotopic (exact) mass is 269 g/mol. The zero-order valence-corrected chi connectivity index (χ0v) is 11.9. The van der Waals surface area contributed by atoms with Crippen LogP contribution in [0.15, 0.2) is 36.4 Å². The van der Waals surface area contributed by atoms with E-state index in [9.17, 15) is 0 Å². The van der Waals surface area contributed by atoms with Gasteiger partial charge in [-0.05, 0) is 48.7 Å². The Kier molecular flexibility index (Phi) is 3.50. The van der Waals surface area contributed by atoms with E-state index in [-0.39, 0.29) is 0 Å². The Labute approximate surface area is 119 Å². The third kappa shape index (κ3) is 2.57. The van der Waals surface area contributed by atoms with Gasteiger partial charge in [-0.2, -0.15) is 0 Å². The maximum absolute atomic E-state index is 5.61. The normalized spacial score (nSPS) is 13.1. The Hall–Kier alpha value is -2.16. The molecule has 3 rings (SSSR count). The molecule has 20 heavy (non-hydrogen) atoms. The van der Waals surface area contributed by atoms with E-state index in [0.29, 0.717) is 13.2 Å². The Morgan fingerprint density at radius 1 is 1.00 bits per heavy atom. The summed E-state index contributed by atoms with van der Waals surface area (Å²) in [6, 6.07) is 12.4. The molecule has 3 nitrogen and oxygen atoms in total. The number of benzene rings is 2. The van der Waals surface area contributed by atoms with Gasteiger partial charge in [-0.3, -0.25) is 0 Å². The zero-order valence-electron chi connectivity index (χ0n) is 11.9. The maximum Gasteiger partial charge on any atom is 0.161 e. The molecule has 2 aromatic carbocycles. The molecule has 1 N–H and O–H groups in total. The van der Waals surface area contributed by atoms with Crippen LogP contribution in [0.3, 0.4) is 0 Å². The van der Waals surface area contributed by atoms with Crippen LogP contribution in [-0.4, -0.2) is 13.2 Å². The van der Waals surface area contributed by atoms with Gasteiger partial charge in [0.15, 0.2) is 11.5 Å². The number of hydrogen-bond donors (Lipinski definition) is 1. The smallest absolute Gasteiger partial charge is 0.161 e. The van der Waals surface area contributed by atoms with Crippen molar-refractivity contribution in [3.63, 3.8) is 0 Å².